The monoisotopic (exact) mass is 1100 g/mol. The van der Waals surface area contributed by atoms with Crippen LogP contribution in [0.25, 0.3) is 10.8 Å². The number of allylic oxidation sites excluding steroid dienone is 2. The van der Waals surface area contributed by atoms with Crippen molar-refractivity contribution in [3.05, 3.63) is 148 Å². The van der Waals surface area contributed by atoms with Crippen molar-refractivity contribution in [3.63, 3.8) is 0 Å². The number of carbonyl (C=O) groups excluding carboxylic acids is 2. The van der Waals surface area contributed by atoms with Gasteiger partial charge < -0.3 is 46.1 Å². The number of carbonyl (C=O) groups is 2. The number of hydrogen-bond donors (Lipinski definition) is 8. The Balaban J connectivity index is 1.11. The normalized spacial score (nSPS) is 29.6. The van der Waals surface area contributed by atoms with E-state index in [4.69, 9.17) is 4.74 Å². The number of aromatic hydroxyl groups is 1. The van der Waals surface area contributed by atoms with Crippen molar-refractivity contribution in [1.29, 1.82) is 0 Å². The van der Waals surface area contributed by atoms with E-state index < -0.39 is 53.0 Å². The molecule has 1 aromatic heterocycles. The number of Topliss-reactive ketones (excluding diaryl/α,β-unsaturated/α-hetero) is 2. The maximum Gasteiger partial charge on any atom is 0.173 e. The highest BCUT2D eigenvalue weighted by molar-refractivity contribution is 6.06. The number of aliphatic hydroxyl groups excluding tert-OH is 3. The third kappa shape index (κ3) is 13.4. The molecule has 3 heterocycles. The number of ether oxygens (including phenoxy) is 1. The molecule has 81 heavy (non-hydrogen) atoms. The fourth-order valence-electron chi connectivity index (χ4n) is 15.0. The predicted molar refractivity (Wildman–Crippen MR) is 323 cm³/mol. The van der Waals surface area contributed by atoms with Crippen molar-refractivity contribution >= 4 is 28.0 Å². The second kappa shape index (κ2) is 26.4. The number of aliphatic hydroxyl groups is 3. The van der Waals surface area contributed by atoms with Gasteiger partial charge in [0, 0.05) is 60.9 Å². The summed E-state index contributed by atoms with van der Waals surface area (Å²) in [4.78, 5) is 33.6. The molecule has 10 rings (SSSR count). The number of nitrogens with one attached hydrogen (secondary N) is 4. The second-order valence-corrected chi connectivity index (χ2v) is 24.9. The van der Waals surface area contributed by atoms with Crippen molar-refractivity contribution in [2.24, 2.45) is 35.5 Å². The molecule has 2 saturated carbocycles. The number of ketones is 2. The fourth-order valence-corrected chi connectivity index (χ4v) is 15.0. The molecular formula is C70H88N4O7. The summed E-state index contributed by atoms with van der Waals surface area (Å²) >= 11 is 0. The summed E-state index contributed by atoms with van der Waals surface area (Å²) in [6, 6.07) is 28.6. The Morgan fingerprint density at radius 2 is 1.67 bits per heavy atom. The minimum absolute atomic E-state index is 0.0236. The molecule has 2 aliphatic heterocycles. The van der Waals surface area contributed by atoms with Gasteiger partial charge in [0.15, 0.2) is 29.2 Å². The van der Waals surface area contributed by atoms with E-state index in [0.29, 0.717) is 51.2 Å². The molecule has 5 aromatic rings. The van der Waals surface area contributed by atoms with Gasteiger partial charge in [-0.25, -0.2) is 0 Å². The van der Waals surface area contributed by atoms with Crippen LogP contribution in [0.15, 0.2) is 115 Å². The standard InChI is InChI=1S/C70H88N4O7/c1-5-7-9-14-45-15-12-27-70(40-45)65-38-55(42-73-65)44(3)41-71-43-57(75)33-46-18-19-49-20-23-56(35-53(49)30-46)74-66-34-47(26-28-72-66)29-48-31-51-21-24-58(50-16-10-8-11-17-50)60-39-63(77)64(81-4)37-52(60)22-25-62(76)68(79)67(78)61(51)36-54(32-48)59(13-6-2)69(70)80/h8,10-11,16-20,23,26,30,34-35,37-39,42,44-45,48,51,54,57-59,61,68-69,71-75,77,79-80H,5-7,9,12-15,22,25,27-29,31-33,36,40-41,43H2,1-4H3/t44-,45+,48+,51-,54-,57+,58+,59-,61+,68-,69-,70+/m0/s1. The molecule has 0 unspecified atom stereocenters. The topological polar surface area (TPSA) is 176 Å². The summed E-state index contributed by atoms with van der Waals surface area (Å²) in [6.45, 7) is 8.46. The lowest BCUT2D eigenvalue weighted by Gasteiger charge is -2.48. The minimum atomic E-state index is -1.83. The number of benzene rings is 4. The zero-order valence-electron chi connectivity index (χ0n) is 48.3. The molecule has 11 nitrogen and oxygen atoms in total. The maximum atomic E-state index is 15.4. The first-order valence-electron chi connectivity index (χ1n) is 30.7. The van der Waals surface area contributed by atoms with E-state index in [1.54, 1.807) is 12.1 Å². The number of aromatic amines is 1. The lowest BCUT2D eigenvalue weighted by atomic mass is 9.58. The van der Waals surface area contributed by atoms with Crippen LogP contribution in [-0.2, 0) is 27.8 Å². The van der Waals surface area contributed by atoms with Gasteiger partial charge >= 0.3 is 0 Å². The van der Waals surface area contributed by atoms with Crippen LogP contribution in [-0.4, -0.2) is 82.0 Å². The van der Waals surface area contributed by atoms with Crippen LogP contribution >= 0.6 is 0 Å². The maximum absolute atomic E-state index is 15.4. The van der Waals surface area contributed by atoms with E-state index in [1.165, 1.54) is 19.1 Å². The highest BCUT2D eigenvalue weighted by atomic mass is 16.5. The van der Waals surface area contributed by atoms with Gasteiger partial charge in [0.05, 0.1) is 25.2 Å². The van der Waals surface area contributed by atoms with Crippen LogP contribution in [0.4, 0.5) is 5.69 Å². The van der Waals surface area contributed by atoms with Crippen LogP contribution in [0, 0.1) is 47.3 Å². The van der Waals surface area contributed by atoms with Gasteiger partial charge in [-0.1, -0.05) is 138 Å². The Labute approximate surface area is 480 Å². The van der Waals surface area contributed by atoms with Gasteiger partial charge in [-0.05, 0) is 168 Å². The lowest BCUT2D eigenvalue weighted by molar-refractivity contribution is -0.142. The smallest absolute Gasteiger partial charge is 0.173 e. The molecule has 3 aliphatic carbocycles. The second-order valence-electron chi connectivity index (χ2n) is 24.9. The third-order valence-electron chi connectivity index (χ3n) is 19.3. The third-order valence-corrected chi connectivity index (χ3v) is 19.3. The summed E-state index contributed by atoms with van der Waals surface area (Å²) < 4.78 is 5.57. The zero-order chi connectivity index (χ0) is 56.6. The van der Waals surface area contributed by atoms with E-state index in [9.17, 15) is 25.2 Å². The quantitative estimate of drug-likeness (QED) is 0.0424. The van der Waals surface area contributed by atoms with Gasteiger partial charge in [0.1, 0.15) is 5.82 Å². The average Bonchev–Trinajstić information content (AvgIpc) is 4.15. The fraction of sp³-hybridized carbons (Fsp3) is 0.514. The predicted octanol–water partition coefficient (Wildman–Crippen LogP) is 12.1. The first-order chi connectivity index (χ1) is 39.3. The number of phenolic OH excluding ortho intramolecular Hbond substituents is 1. The van der Waals surface area contributed by atoms with E-state index >= 15 is 4.79 Å². The molecule has 1 spiro atoms. The van der Waals surface area contributed by atoms with Crippen LogP contribution in [0.2, 0.25) is 0 Å². The summed E-state index contributed by atoms with van der Waals surface area (Å²) in [5.74, 6) is 6.05. The number of dihydropyridines is 1. The van der Waals surface area contributed by atoms with Crippen molar-refractivity contribution in [2.45, 2.75) is 165 Å². The van der Waals surface area contributed by atoms with E-state index in [2.05, 4.69) is 114 Å². The van der Waals surface area contributed by atoms with Crippen LogP contribution in [0.1, 0.15) is 162 Å². The number of unbranched alkanes of at least 4 members (excludes halogenated alkanes) is 2. The molecule has 2 fully saturated rings. The van der Waals surface area contributed by atoms with Crippen LogP contribution in [0.3, 0.4) is 0 Å². The highest BCUT2D eigenvalue weighted by Gasteiger charge is 2.51. The van der Waals surface area contributed by atoms with E-state index in [0.717, 1.165) is 120 Å². The van der Waals surface area contributed by atoms with E-state index in [-0.39, 0.29) is 48.0 Å². The van der Waals surface area contributed by atoms with Crippen molar-refractivity contribution < 1.29 is 34.8 Å². The largest absolute Gasteiger partial charge is 0.504 e. The summed E-state index contributed by atoms with van der Waals surface area (Å²) in [7, 11) is 1.50. The van der Waals surface area contributed by atoms with Gasteiger partial charge in [0.25, 0.3) is 0 Å². The molecular weight excluding hydrogens is 1010 g/mol. The number of methoxy groups -OCH3 is 1. The first kappa shape index (κ1) is 58.1. The Morgan fingerprint density at radius 1 is 0.827 bits per heavy atom. The summed E-state index contributed by atoms with van der Waals surface area (Å²) in [5.41, 5.74) is 7.32. The number of fused-ring (bicyclic) bond motifs is 10. The van der Waals surface area contributed by atoms with E-state index in [1.807, 2.05) is 30.3 Å². The van der Waals surface area contributed by atoms with Gasteiger partial charge in [-0.2, -0.15) is 0 Å². The summed E-state index contributed by atoms with van der Waals surface area (Å²) in [6.07, 6.45) is 16.6. The minimum Gasteiger partial charge on any atom is -0.504 e. The van der Waals surface area contributed by atoms with Gasteiger partial charge in [0.2, 0.25) is 0 Å². The van der Waals surface area contributed by atoms with Crippen molar-refractivity contribution in [2.75, 3.05) is 32.1 Å². The first-order valence-corrected chi connectivity index (χ1v) is 30.7. The molecule has 12 atom stereocenters. The van der Waals surface area contributed by atoms with Crippen molar-refractivity contribution in [3.8, 4) is 23.3 Å². The molecule has 4 aromatic carbocycles. The Morgan fingerprint density at radius 3 is 2.48 bits per heavy atom. The van der Waals surface area contributed by atoms with Gasteiger partial charge in [-0.3, -0.25) is 9.59 Å². The molecule has 0 radical (unpaired) electrons. The number of H-pyrrole nitrogens is 1. The molecule has 9 bridgehead atoms. The molecule has 0 amide bonds. The number of aromatic nitrogens is 1. The number of hydrogen-bond acceptors (Lipinski definition) is 10. The highest BCUT2D eigenvalue weighted by Crippen LogP contribution is 2.53. The molecule has 5 aliphatic rings. The Bertz CT molecular complexity index is 3120. The zero-order valence-corrected chi connectivity index (χ0v) is 48.3. The lowest BCUT2D eigenvalue weighted by Crippen LogP contribution is -2.50. The van der Waals surface area contributed by atoms with Crippen LogP contribution < -0.4 is 20.7 Å². The number of aryl methyl sites for hydroxylation is 1. The number of β-amino-alcohol motifs (C(OH)–C–C–N with tert-alkyl or cyclic N) is 1. The summed E-state index contributed by atoms with van der Waals surface area (Å²) in [5, 5.41) is 61.7. The molecule has 0 saturated heterocycles. The number of phenols is 1. The Kier molecular flexibility index (Phi) is 18.9. The molecule has 430 valence electrons. The molecule has 11 heteroatoms. The van der Waals surface area contributed by atoms with Crippen molar-refractivity contribution in [1.82, 2.24) is 15.6 Å². The number of rotatable bonds is 8. The average molecular weight is 1100 g/mol. The SMILES string of the molecule is CCCCC[C@@H]1CCC[C@@]2(C1)c1cc(c[nH]1)[C@@H](C)CNC[C@H](O)Cc1ccc3ccc(cc3c1)NC1=CC(=CCN1)C[C@H]1C[C@@H](C[C@H]3C(=O)[C@@H](O)C(=O)CCc4cc(OC)c(O)cc4[C@@H](c4ccccc4)C#C[C@H]3C1)[C@H](CCC)[C@@H]2O. The molecule has 8 N–H and O–H groups in total. The number of anilines is 1. The Hall–Kier alpha value is -6.16. The van der Waals surface area contributed by atoms with Crippen LogP contribution in [0.5, 0.6) is 11.5 Å². The van der Waals surface area contributed by atoms with Gasteiger partial charge in [-0.15, -0.1) is 0 Å².